The van der Waals surface area contributed by atoms with E-state index in [0.29, 0.717) is 11.7 Å². The molecule has 0 saturated carbocycles. The van der Waals surface area contributed by atoms with Gasteiger partial charge in [-0.25, -0.2) is 4.68 Å². The number of halogens is 2. The summed E-state index contributed by atoms with van der Waals surface area (Å²) in [7, 11) is 0. The molecule has 23 heavy (non-hydrogen) atoms. The number of aryl methyl sites for hydroxylation is 1. The van der Waals surface area contributed by atoms with Crippen LogP contribution in [0.15, 0.2) is 27.1 Å². The van der Waals surface area contributed by atoms with Crippen molar-refractivity contribution in [2.45, 2.75) is 34.1 Å². The van der Waals surface area contributed by atoms with Crippen LogP contribution in [0, 0.1) is 19.8 Å². The van der Waals surface area contributed by atoms with Crippen molar-refractivity contribution in [1.82, 2.24) is 9.78 Å². The van der Waals surface area contributed by atoms with Gasteiger partial charge in [0.05, 0.1) is 10.2 Å². The third-order valence-corrected chi connectivity index (χ3v) is 4.65. The maximum Gasteiger partial charge on any atom is 0.284 e. The molecule has 0 radical (unpaired) electrons. The molecule has 4 nitrogen and oxygen atoms in total. The zero-order chi connectivity index (χ0) is 17.1. The van der Waals surface area contributed by atoms with Crippen molar-refractivity contribution >= 4 is 37.8 Å². The Morgan fingerprint density at radius 1 is 1.30 bits per heavy atom. The highest BCUT2D eigenvalue weighted by molar-refractivity contribution is 9.11. The average molecular weight is 444 g/mol. The second-order valence-corrected chi connectivity index (χ2v) is 7.69. The first kappa shape index (κ1) is 18.2. The van der Waals surface area contributed by atoms with Crippen molar-refractivity contribution in [2.75, 3.05) is 6.61 Å². The molecule has 0 spiro atoms. The molecule has 124 valence electrons. The van der Waals surface area contributed by atoms with Crippen LogP contribution in [0.4, 0.5) is 0 Å². The molecular formula is C17H20Br2N2O2. The van der Waals surface area contributed by atoms with Crippen molar-refractivity contribution < 1.29 is 9.53 Å². The number of benzene rings is 1. The fourth-order valence-corrected chi connectivity index (χ4v) is 3.58. The van der Waals surface area contributed by atoms with Gasteiger partial charge in [0.2, 0.25) is 0 Å². The maximum absolute atomic E-state index is 12.4. The van der Waals surface area contributed by atoms with Crippen molar-refractivity contribution in [3.8, 4) is 5.75 Å². The minimum atomic E-state index is -0.171. The van der Waals surface area contributed by atoms with Crippen LogP contribution >= 0.6 is 31.9 Å². The predicted octanol–water partition coefficient (Wildman–Crippen LogP) is 4.94. The molecule has 0 aliphatic rings. The number of hydrogen-bond donors (Lipinski definition) is 0. The molecule has 0 atom stereocenters. The normalized spacial score (nSPS) is 11.1. The van der Waals surface area contributed by atoms with Gasteiger partial charge in [0.25, 0.3) is 5.91 Å². The molecule has 2 rings (SSSR count). The smallest absolute Gasteiger partial charge is 0.284 e. The maximum atomic E-state index is 12.4. The Bertz CT molecular complexity index is 724. The summed E-state index contributed by atoms with van der Waals surface area (Å²) < 4.78 is 8.82. The van der Waals surface area contributed by atoms with Crippen molar-refractivity contribution in [1.29, 1.82) is 0 Å². The van der Waals surface area contributed by atoms with Gasteiger partial charge in [-0.3, -0.25) is 4.79 Å². The second-order valence-electron chi connectivity index (χ2n) is 5.92. The van der Waals surface area contributed by atoms with Crippen molar-refractivity contribution in [3.05, 3.63) is 44.1 Å². The van der Waals surface area contributed by atoms with Crippen molar-refractivity contribution in [2.24, 2.45) is 5.92 Å². The Kier molecular flexibility index (Phi) is 6.03. The fourth-order valence-electron chi connectivity index (χ4n) is 2.41. The van der Waals surface area contributed by atoms with Crippen LogP contribution in [-0.4, -0.2) is 22.3 Å². The van der Waals surface area contributed by atoms with Crippen LogP contribution in [0.5, 0.6) is 5.75 Å². The molecule has 0 N–H and O–H groups in total. The highest BCUT2D eigenvalue weighted by atomic mass is 79.9. The number of carbonyl (C=O) groups excluding carboxylic acids is 1. The molecular weight excluding hydrogens is 424 g/mol. The first-order valence-electron chi connectivity index (χ1n) is 7.45. The lowest BCUT2D eigenvalue weighted by molar-refractivity contribution is 0.0817. The van der Waals surface area contributed by atoms with Crippen LogP contribution in [0.3, 0.4) is 0 Å². The summed E-state index contributed by atoms with van der Waals surface area (Å²) in [5.41, 5.74) is 2.97. The quantitative estimate of drug-likeness (QED) is 0.657. The van der Waals surface area contributed by atoms with Crippen LogP contribution in [0.25, 0.3) is 0 Å². The van der Waals surface area contributed by atoms with Gasteiger partial charge in [0, 0.05) is 10.2 Å². The van der Waals surface area contributed by atoms with E-state index in [1.54, 1.807) is 0 Å². The van der Waals surface area contributed by atoms with E-state index in [1.165, 1.54) is 4.68 Å². The lowest BCUT2D eigenvalue weighted by Crippen LogP contribution is -2.22. The monoisotopic (exact) mass is 442 g/mol. The minimum Gasteiger partial charge on any atom is -0.482 e. The second kappa shape index (κ2) is 7.62. The molecule has 1 heterocycles. The first-order chi connectivity index (χ1) is 10.8. The van der Waals surface area contributed by atoms with Crippen LogP contribution in [-0.2, 0) is 6.42 Å². The molecule has 0 saturated heterocycles. The van der Waals surface area contributed by atoms with Gasteiger partial charge in [0.1, 0.15) is 5.75 Å². The van der Waals surface area contributed by atoms with Crippen molar-refractivity contribution in [3.63, 3.8) is 0 Å². The molecule has 0 unspecified atom stereocenters. The summed E-state index contributed by atoms with van der Waals surface area (Å²) in [4.78, 5) is 12.4. The summed E-state index contributed by atoms with van der Waals surface area (Å²) in [5, 5.41) is 4.38. The van der Waals surface area contributed by atoms with Gasteiger partial charge in [-0.15, -0.1) is 0 Å². The van der Waals surface area contributed by atoms with E-state index in [9.17, 15) is 4.79 Å². The summed E-state index contributed by atoms with van der Waals surface area (Å²) in [6.45, 7) is 8.15. The van der Waals surface area contributed by atoms with Gasteiger partial charge in [0.15, 0.2) is 6.61 Å². The average Bonchev–Trinajstić information content (AvgIpc) is 2.74. The molecule has 6 heteroatoms. The SMILES string of the molecule is Cc1nn(C(=O)COc2ccc(Br)cc2Br)c(C)c1CC(C)C. The Balaban J connectivity index is 2.12. The lowest BCUT2D eigenvalue weighted by Gasteiger charge is -2.09. The van der Waals surface area contributed by atoms with Crippen LogP contribution in [0.2, 0.25) is 0 Å². The van der Waals surface area contributed by atoms with Crippen LogP contribution in [0.1, 0.15) is 35.6 Å². The van der Waals surface area contributed by atoms with Crippen LogP contribution < -0.4 is 4.74 Å². The van der Waals surface area contributed by atoms with Gasteiger partial charge < -0.3 is 4.74 Å². The van der Waals surface area contributed by atoms with Gasteiger partial charge in [-0.05, 0) is 65.9 Å². The fraction of sp³-hybridized carbons (Fsp3) is 0.412. The Morgan fingerprint density at radius 3 is 2.61 bits per heavy atom. The Labute approximate surface area is 153 Å². The summed E-state index contributed by atoms with van der Waals surface area (Å²) in [6, 6.07) is 5.56. The van der Waals surface area contributed by atoms with E-state index in [-0.39, 0.29) is 12.5 Å². The Hall–Kier alpha value is -1.14. The number of ether oxygens (including phenoxy) is 1. The third kappa shape index (κ3) is 4.44. The molecule has 1 aromatic carbocycles. The number of hydrogen-bond acceptors (Lipinski definition) is 3. The zero-order valence-corrected chi connectivity index (χ0v) is 16.9. The Morgan fingerprint density at radius 2 is 2.00 bits per heavy atom. The van der Waals surface area contributed by atoms with Gasteiger partial charge in [-0.1, -0.05) is 29.8 Å². The molecule has 1 aromatic heterocycles. The van der Waals surface area contributed by atoms with E-state index in [1.807, 2.05) is 32.0 Å². The molecule has 0 amide bonds. The number of aromatic nitrogens is 2. The van der Waals surface area contributed by atoms with Gasteiger partial charge in [-0.2, -0.15) is 5.10 Å². The molecule has 0 bridgehead atoms. The lowest BCUT2D eigenvalue weighted by atomic mass is 10.0. The highest BCUT2D eigenvalue weighted by Crippen LogP contribution is 2.28. The minimum absolute atomic E-state index is 0.0523. The highest BCUT2D eigenvalue weighted by Gasteiger charge is 2.18. The summed E-state index contributed by atoms with van der Waals surface area (Å²) in [6.07, 6.45) is 0.921. The predicted molar refractivity (Wildman–Crippen MR) is 98.2 cm³/mol. The molecule has 0 fully saturated rings. The summed E-state index contributed by atoms with van der Waals surface area (Å²) >= 11 is 6.81. The number of rotatable bonds is 5. The standard InChI is InChI=1S/C17H20Br2N2O2/c1-10(2)7-14-11(3)20-21(12(14)4)17(22)9-23-16-6-5-13(18)8-15(16)19/h5-6,8,10H,7,9H2,1-4H3. The topological polar surface area (TPSA) is 44.1 Å². The van der Waals surface area contributed by atoms with E-state index in [4.69, 9.17) is 4.74 Å². The van der Waals surface area contributed by atoms with E-state index in [0.717, 1.165) is 32.3 Å². The number of carbonyl (C=O) groups is 1. The number of nitrogens with zero attached hydrogens (tertiary/aromatic N) is 2. The van der Waals surface area contributed by atoms with Gasteiger partial charge >= 0.3 is 0 Å². The van der Waals surface area contributed by atoms with E-state index >= 15 is 0 Å². The first-order valence-corrected chi connectivity index (χ1v) is 9.04. The van der Waals surface area contributed by atoms with E-state index < -0.39 is 0 Å². The molecule has 0 aliphatic carbocycles. The summed E-state index contributed by atoms with van der Waals surface area (Å²) in [5.74, 6) is 0.982. The third-order valence-electron chi connectivity index (χ3n) is 3.53. The largest absolute Gasteiger partial charge is 0.482 e. The molecule has 2 aromatic rings. The van der Waals surface area contributed by atoms with E-state index in [2.05, 4.69) is 50.8 Å². The zero-order valence-electron chi connectivity index (χ0n) is 13.7. The molecule has 0 aliphatic heterocycles.